The second-order valence-corrected chi connectivity index (χ2v) is 17.1. The molecule has 0 saturated heterocycles. The SMILES string of the molecule is C/C(=C\c1cc(F)c(Oc2ccc(S(=O)(=O)NCc3ccc(CNS(=O)(=O)c4ccc(Oc5c(F)cc(/C=C(\C)C(=O)N=C(N)N)cc5F)cc4)cc3)cc2)c(F)c1)C(=O)N=C(N)N. The van der Waals surface area contributed by atoms with Gasteiger partial charge in [0.1, 0.15) is 11.5 Å². The summed E-state index contributed by atoms with van der Waals surface area (Å²) < 4.78 is 127. The van der Waals surface area contributed by atoms with Crippen LogP contribution in [-0.2, 0) is 42.7 Å². The number of nitrogens with one attached hydrogen (secondary N) is 2. The van der Waals surface area contributed by atoms with E-state index in [9.17, 15) is 44.0 Å². The Morgan fingerprint density at radius 3 is 1.12 bits per heavy atom. The van der Waals surface area contributed by atoms with Crippen LogP contribution in [0.5, 0.6) is 23.0 Å². The zero-order valence-corrected chi connectivity index (χ0v) is 35.2. The van der Waals surface area contributed by atoms with Crippen molar-refractivity contribution in [2.45, 2.75) is 36.7 Å². The number of amides is 2. The van der Waals surface area contributed by atoms with Crippen LogP contribution in [0.25, 0.3) is 12.2 Å². The van der Waals surface area contributed by atoms with Gasteiger partial charge in [-0.05, 0) is 121 Å². The molecule has 0 saturated carbocycles. The number of nitrogens with zero attached hydrogens (tertiary/aromatic N) is 2. The predicted molar refractivity (Wildman–Crippen MR) is 229 cm³/mol. The summed E-state index contributed by atoms with van der Waals surface area (Å²) in [6, 6.07) is 19.5. The van der Waals surface area contributed by atoms with Crippen molar-refractivity contribution < 1.29 is 53.5 Å². The zero-order chi connectivity index (χ0) is 46.9. The summed E-state index contributed by atoms with van der Waals surface area (Å²) in [7, 11) is -8.15. The van der Waals surface area contributed by atoms with Crippen LogP contribution in [-0.4, -0.2) is 40.6 Å². The van der Waals surface area contributed by atoms with Gasteiger partial charge in [0.15, 0.2) is 46.7 Å². The third-order valence-electron chi connectivity index (χ3n) is 8.61. The Morgan fingerprint density at radius 1 is 0.547 bits per heavy atom. The van der Waals surface area contributed by atoms with Gasteiger partial charge in [0, 0.05) is 24.2 Å². The Labute approximate surface area is 364 Å². The Bertz CT molecular complexity index is 2690. The summed E-state index contributed by atoms with van der Waals surface area (Å²) in [5.41, 5.74) is 21.8. The summed E-state index contributed by atoms with van der Waals surface area (Å²) in [6.07, 6.45) is 2.35. The largest absolute Gasteiger partial charge is 0.451 e. The molecule has 0 fully saturated rings. The molecule has 334 valence electrons. The van der Waals surface area contributed by atoms with Crippen molar-refractivity contribution in [1.82, 2.24) is 9.44 Å². The van der Waals surface area contributed by atoms with E-state index in [4.69, 9.17) is 32.4 Å². The van der Waals surface area contributed by atoms with Gasteiger partial charge in [-0.25, -0.2) is 43.8 Å². The van der Waals surface area contributed by atoms with E-state index in [0.29, 0.717) is 11.1 Å². The summed E-state index contributed by atoms with van der Waals surface area (Å²) in [5, 5.41) is 0. The molecule has 0 aliphatic rings. The van der Waals surface area contributed by atoms with Crippen molar-refractivity contribution in [2.75, 3.05) is 0 Å². The van der Waals surface area contributed by atoms with Crippen molar-refractivity contribution in [3.63, 3.8) is 0 Å². The van der Waals surface area contributed by atoms with E-state index in [-0.39, 0.29) is 56.7 Å². The maximum absolute atomic E-state index is 14.8. The lowest BCUT2D eigenvalue weighted by atomic mass is 10.1. The molecule has 5 aromatic carbocycles. The molecule has 0 radical (unpaired) electrons. The van der Waals surface area contributed by atoms with Gasteiger partial charge in [-0.2, -0.15) is 9.98 Å². The minimum atomic E-state index is -4.08. The highest BCUT2D eigenvalue weighted by Gasteiger charge is 2.19. The van der Waals surface area contributed by atoms with Gasteiger partial charge in [-0.1, -0.05) is 24.3 Å². The first kappa shape index (κ1) is 47.6. The highest BCUT2D eigenvalue weighted by Crippen LogP contribution is 2.32. The molecule has 0 unspecified atom stereocenters. The fourth-order valence-corrected chi connectivity index (χ4v) is 7.50. The Kier molecular flexibility index (Phi) is 15.0. The van der Waals surface area contributed by atoms with E-state index < -0.39 is 78.5 Å². The fraction of sp³-hybridized carbons (Fsp3) is 0.0952. The van der Waals surface area contributed by atoms with E-state index in [2.05, 4.69) is 19.4 Å². The molecule has 10 N–H and O–H groups in total. The molecule has 0 aliphatic carbocycles. The third-order valence-corrected chi connectivity index (χ3v) is 11.4. The zero-order valence-electron chi connectivity index (χ0n) is 33.6. The normalized spacial score (nSPS) is 12.0. The molecule has 0 aliphatic heterocycles. The third kappa shape index (κ3) is 12.8. The van der Waals surface area contributed by atoms with Crippen LogP contribution in [0.3, 0.4) is 0 Å². The maximum atomic E-state index is 14.8. The smallest absolute Gasteiger partial charge is 0.275 e. The molecule has 5 aromatic rings. The molecule has 0 bridgehead atoms. The number of guanidine groups is 2. The predicted octanol–water partition coefficient (Wildman–Crippen LogP) is 5.19. The molecule has 2 amide bonds. The lowest BCUT2D eigenvalue weighted by Crippen LogP contribution is -2.24. The molecular formula is C42H38F4N8O8S2. The minimum Gasteiger partial charge on any atom is -0.451 e. The molecule has 0 aromatic heterocycles. The number of carbonyl (C=O) groups is 2. The van der Waals surface area contributed by atoms with Crippen molar-refractivity contribution in [3.8, 4) is 23.0 Å². The Morgan fingerprint density at radius 2 is 0.844 bits per heavy atom. The fourth-order valence-electron chi connectivity index (χ4n) is 5.46. The van der Waals surface area contributed by atoms with Gasteiger partial charge >= 0.3 is 0 Å². The first-order chi connectivity index (χ1) is 30.1. The lowest BCUT2D eigenvalue weighted by molar-refractivity contribution is -0.115. The van der Waals surface area contributed by atoms with Gasteiger partial charge < -0.3 is 32.4 Å². The molecule has 0 heterocycles. The first-order valence-corrected chi connectivity index (χ1v) is 21.3. The van der Waals surface area contributed by atoms with Gasteiger partial charge in [-0.15, -0.1) is 0 Å². The van der Waals surface area contributed by atoms with E-state index in [1.807, 2.05) is 0 Å². The molecule has 16 nitrogen and oxygen atoms in total. The van der Waals surface area contributed by atoms with Crippen LogP contribution in [0.15, 0.2) is 128 Å². The van der Waals surface area contributed by atoms with Crippen LogP contribution < -0.4 is 41.9 Å². The lowest BCUT2D eigenvalue weighted by Gasteiger charge is -2.11. The van der Waals surface area contributed by atoms with Crippen LogP contribution in [0.2, 0.25) is 0 Å². The summed E-state index contributed by atoms with van der Waals surface area (Å²) >= 11 is 0. The van der Waals surface area contributed by atoms with Gasteiger partial charge in [0.05, 0.1) is 9.79 Å². The first-order valence-electron chi connectivity index (χ1n) is 18.4. The second-order valence-electron chi connectivity index (χ2n) is 13.6. The second kappa shape index (κ2) is 20.2. The highest BCUT2D eigenvalue weighted by atomic mass is 32.2. The van der Waals surface area contributed by atoms with Gasteiger partial charge in [0.25, 0.3) is 11.8 Å². The number of sulfonamides is 2. The topological polar surface area (TPSA) is 274 Å². The molecule has 5 rings (SSSR count). The van der Waals surface area contributed by atoms with Crippen molar-refractivity contribution in [3.05, 3.63) is 154 Å². The summed E-state index contributed by atoms with van der Waals surface area (Å²) in [6.45, 7) is 2.41. The number of carbonyl (C=O) groups excluding carboxylic acids is 2. The van der Waals surface area contributed by atoms with E-state index in [1.54, 1.807) is 24.3 Å². The summed E-state index contributed by atoms with van der Waals surface area (Å²) in [5.74, 6) is -8.64. The average molecular weight is 923 g/mol. The van der Waals surface area contributed by atoms with Gasteiger partial charge in [-0.3, -0.25) is 9.59 Å². The number of hydrogen-bond donors (Lipinski definition) is 6. The van der Waals surface area contributed by atoms with E-state index in [0.717, 1.165) is 24.3 Å². The van der Waals surface area contributed by atoms with Crippen LogP contribution in [0, 0.1) is 23.3 Å². The number of benzene rings is 5. The number of aliphatic imine (C=N–C) groups is 2. The quantitative estimate of drug-likeness (QED) is 0.0323. The van der Waals surface area contributed by atoms with E-state index in [1.165, 1.54) is 74.5 Å². The van der Waals surface area contributed by atoms with Crippen molar-refractivity contribution in [2.24, 2.45) is 32.9 Å². The number of hydrogen-bond acceptors (Lipinski definition) is 8. The van der Waals surface area contributed by atoms with Crippen LogP contribution in [0.1, 0.15) is 36.1 Å². The standard InChI is InChI=1S/C42H38F4N8O8S2/c1-23(39(55)53-41(47)48)15-27-17-33(43)37(34(44)18-27)61-29-7-11-31(12-8-29)63(57,58)51-21-25-3-5-26(6-4-25)22-52-64(59,60)32-13-9-30(10-14-32)62-38-35(45)19-28(20-36(38)46)16-24(2)40(56)54-42(49)50/h3-20,51-52H,21-22H2,1-2H3,(H4,47,48,53,55)(H4,49,50,54,56)/b23-15+,24-16+. The monoisotopic (exact) mass is 922 g/mol. The Balaban J connectivity index is 1.13. The van der Waals surface area contributed by atoms with Crippen LogP contribution >= 0.6 is 0 Å². The number of halogens is 4. The highest BCUT2D eigenvalue weighted by molar-refractivity contribution is 7.89. The Hall–Kier alpha value is -7.40. The molecule has 64 heavy (non-hydrogen) atoms. The molecular weight excluding hydrogens is 885 g/mol. The van der Waals surface area contributed by atoms with Crippen LogP contribution in [0.4, 0.5) is 17.6 Å². The molecule has 0 atom stereocenters. The summed E-state index contributed by atoms with van der Waals surface area (Å²) in [4.78, 5) is 30.2. The number of ether oxygens (including phenoxy) is 2. The van der Waals surface area contributed by atoms with Gasteiger partial charge in [0.2, 0.25) is 20.0 Å². The molecule has 22 heteroatoms. The van der Waals surface area contributed by atoms with Crippen molar-refractivity contribution in [1.29, 1.82) is 0 Å². The minimum absolute atomic E-state index is 0.00690. The molecule has 0 spiro atoms. The van der Waals surface area contributed by atoms with Crippen molar-refractivity contribution >= 4 is 55.9 Å². The number of nitrogens with two attached hydrogens (primary N) is 4. The van der Waals surface area contributed by atoms with E-state index >= 15 is 0 Å². The average Bonchev–Trinajstić information content (AvgIpc) is 3.22. The maximum Gasteiger partial charge on any atom is 0.275 e. The number of rotatable bonds is 16.